The number of hydrogen-bond acceptors (Lipinski definition) is 4. The lowest BCUT2D eigenvalue weighted by molar-refractivity contribution is -0.138. The van der Waals surface area contributed by atoms with Crippen LogP contribution in [0.15, 0.2) is 42.7 Å². The number of pyridine rings is 1. The lowest BCUT2D eigenvalue weighted by Crippen LogP contribution is -2.54. The summed E-state index contributed by atoms with van der Waals surface area (Å²) in [5, 5.41) is 4.72. The van der Waals surface area contributed by atoms with Crippen molar-refractivity contribution in [2.24, 2.45) is 0 Å². The number of nitrogens with zero attached hydrogens (tertiary/aromatic N) is 6. The Bertz CT molecular complexity index is 1340. The van der Waals surface area contributed by atoms with Crippen molar-refractivity contribution in [2.45, 2.75) is 64.0 Å². The van der Waals surface area contributed by atoms with Crippen LogP contribution in [0.2, 0.25) is 0 Å². The zero-order valence-electron chi connectivity index (χ0n) is 21.0. The van der Waals surface area contributed by atoms with Crippen LogP contribution in [0, 0.1) is 12.7 Å². The number of para-hydroxylation sites is 1. The molecule has 1 aromatic carbocycles. The van der Waals surface area contributed by atoms with Gasteiger partial charge in [0.05, 0.1) is 41.8 Å². The quantitative estimate of drug-likeness (QED) is 0.400. The summed E-state index contributed by atoms with van der Waals surface area (Å²) in [5.41, 5.74) is 1.59. The minimum atomic E-state index is -4.58. The molecule has 0 atom stereocenters. The molecular weight excluding hydrogens is 500 g/mol. The molecule has 2 aliphatic heterocycles. The van der Waals surface area contributed by atoms with Crippen molar-refractivity contribution in [1.29, 1.82) is 0 Å². The second-order valence-electron chi connectivity index (χ2n) is 10.3. The topological polar surface area (TPSA) is 57.5 Å². The molecule has 2 aromatic heterocycles. The van der Waals surface area contributed by atoms with Crippen LogP contribution in [0.3, 0.4) is 0 Å². The van der Waals surface area contributed by atoms with E-state index < -0.39 is 11.7 Å². The van der Waals surface area contributed by atoms with E-state index in [4.69, 9.17) is 5.10 Å². The minimum absolute atomic E-state index is 0.140. The molecule has 3 aromatic rings. The Morgan fingerprint density at radius 1 is 1.03 bits per heavy atom. The molecule has 1 saturated heterocycles. The van der Waals surface area contributed by atoms with E-state index >= 15 is 0 Å². The summed E-state index contributed by atoms with van der Waals surface area (Å²) in [7, 11) is 0. The van der Waals surface area contributed by atoms with Crippen LogP contribution in [0.4, 0.5) is 33.7 Å². The maximum Gasteiger partial charge on any atom is 0.418 e. The number of hydrogen-bond donors (Lipinski definition) is 0. The molecule has 11 heteroatoms. The lowest BCUT2D eigenvalue weighted by atomic mass is 10.00. The lowest BCUT2D eigenvalue weighted by Gasteiger charge is -2.43. The van der Waals surface area contributed by atoms with E-state index in [1.165, 1.54) is 23.2 Å². The van der Waals surface area contributed by atoms with E-state index in [1.54, 1.807) is 17.2 Å². The number of rotatable bonds is 5. The van der Waals surface area contributed by atoms with Crippen LogP contribution in [-0.4, -0.2) is 44.8 Å². The molecule has 200 valence electrons. The van der Waals surface area contributed by atoms with E-state index in [2.05, 4.69) is 4.98 Å². The van der Waals surface area contributed by atoms with E-state index in [0.717, 1.165) is 24.5 Å². The van der Waals surface area contributed by atoms with Crippen molar-refractivity contribution in [1.82, 2.24) is 19.7 Å². The third-order valence-electron chi connectivity index (χ3n) is 7.71. The number of piperidine rings is 1. The number of carbonyl (C=O) groups excluding carboxylic acids is 1. The van der Waals surface area contributed by atoms with E-state index in [0.29, 0.717) is 49.5 Å². The van der Waals surface area contributed by atoms with Gasteiger partial charge >= 0.3 is 12.2 Å². The zero-order valence-corrected chi connectivity index (χ0v) is 21.0. The molecular formula is C27H28F4N6O. The van der Waals surface area contributed by atoms with Crippen molar-refractivity contribution in [2.75, 3.05) is 22.9 Å². The van der Waals surface area contributed by atoms with Gasteiger partial charge < -0.3 is 9.80 Å². The molecule has 0 spiro atoms. The molecule has 4 heterocycles. The zero-order chi connectivity index (χ0) is 26.6. The Hall–Kier alpha value is -3.63. The maximum atomic E-state index is 14.6. The first kappa shape index (κ1) is 24.7. The van der Waals surface area contributed by atoms with Gasteiger partial charge in [0, 0.05) is 31.5 Å². The van der Waals surface area contributed by atoms with Crippen molar-refractivity contribution < 1.29 is 22.4 Å². The Morgan fingerprint density at radius 3 is 2.47 bits per heavy atom. The van der Waals surface area contributed by atoms with Gasteiger partial charge in [-0.3, -0.25) is 14.6 Å². The summed E-state index contributed by atoms with van der Waals surface area (Å²) in [6, 6.07) is 7.02. The second kappa shape index (κ2) is 9.28. The van der Waals surface area contributed by atoms with Crippen LogP contribution >= 0.6 is 0 Å². The predicted molar refractivity (Wildman–Crippen MR) is 133 cm³/mol. The van der Waals surface area contributed by atoms with E-state index in [9.17, 15) is 22.4 Å². The maximum absolute atomic E-state index is 14.6. The van der Waals surface area contributed by atoms with Crippen molar-refractivity contribution in [3.05, 3.63) is 71.1 Å². The van der Waals surface area contributed by atoms with Gasteiger partial charge in [0.2, 0.25) is 0 Å². The highest BCUT2D eigenvalue weighted by atomic mass is 19.4. The summed E-state index contributed by atoms with van der Waals surface area (Å²) in [5.74, 6) is -0.269. The Labute approximate surface area is 217 Å². The molecule has 1 aliphatic carbocycles. The van der Waals surface area contributed by atoms with Crippen LogP contribution in [-0.2, 0) is 19.3 Å². The number of halogens is 4. The number of aromatic nitrogens is 3. The average molecular weight is 529 g/mol. The van der Waals surface area contributed by atoms with E-state index in [1.807, 2.05) is 22.6 Å². The van der Waals surface area contributed by atoms with Gasteiger partial charge in [-0.05, 0) is 56.4 Å². The highest BCUT2D eigenvalue weighted by Gasteiger charge is 2.41. The SMILES string of the molecule is Cc1cccc(F)c1N1CCC(N2Cc3nn(C4CC4)cc3N(Cc3ncccc3C(F)(F)F)C2=O)CC1. The molecule has 3 aliphatic rings. The fraction of sp³-hybridized carbons (Fsp3) is 0.444. The summed E-state index contributed by atoms with van der Waals surface area (Å²) >= 11 is 0. The first-order chi connectivity index (χ1) is 18.2. The number of urea groups is 1. The molecule has 2 amide bonds. The van der Waals surface area contributed by atoms with Crippen molar-refractivity contribution in [3.8, 4) is 0 Å². The number of aryl methyl sites for hydroxylation is 1. The first-order valence-corrected chi connectivity index (χ1v) is 12.9. The number of fused-ring (bicyclic) bond motifs is 1. The highest BCUT2D eigenvalue weighted by molar-refractivity contribution is 5.94. The molecule has 38 heavy (non-hydrogen) atoms. The smallest absolute Gasteiger partial charge is 0.369 e. The van der Waals surface area contributed by atoms with Gasteiger partial charge in [0.15, 0.2) is 0 Å². The molecule has 0 N–H and O–H groups in total. The fourth-order valence-corrected chi connectivity index (χ4v) is 5.61. The third-order valence-corrected chi connectivity index (χ3v) is 7.71. The standard InChI is InChI=1S/C27H28F4N6O/c1-17-4-2-6-21(28)25(17)34-12-9-18(10-13-34)35-15-23-24(16-37(33-23)19-7-8-19)36(26(35)38)14-22-20(27(29,30)31)5-3-11-32-22/h2-6,11,16,18-19H,7-10,12-15H2,1H3. The Morgan fingerprint density at radius 2 is 1.79 bits per heavy atom. The van der Waals surface area contributed by atoms with Crippen molar-refractivity contribution in [3.63, 3.8) is 0 Å². The van der Waals surface area contributed by atoms with Gasteiger partial charge in [-0.25, -0.2) is 9.18 Å². The summed E-state index contributed by atoms with van der Waals surface area (Å²) in [4.78, 5) is 22.9. The summed E-state index contributed by atoms with van der Waals surface area (Å²) < 4.78 is 57.5. The predicted octanol–water partition coefficient (Wildman–Crippen LogP) is 5.69. The summed E-state index contributed by atoms with van der Waals surface area (Å²) in [6.07, 6.45) is 1.72. The number of carbonyl (C=O) groups is 1. The second-order valence-corrected chi connectivity index (χ2v) is 10.3. The van der Waals surface area contributed by atoms with Crippen molar-refractivity contribution >= 4 is 17.4 Å². The molecule has 0 bridgehead atoms. The monoisotopic (exact) mass is 528 g/mol. The largest absolute Gasteiger partial charge is 0.418 e. The molecule has 7 nitrogen and oxygen atoms in total. The Balaban J connectivity index is 1.27. The molecule has 6 rings (SSSR count). The van der Waals surface area contributed by atoms with Crippen LogP contribution in [0.5, 0.6) is 0 Å². The van der Waals surface area contributed by atoms with Gasteiger partial charge in [-0.1, -0.05) is 12.1 Å². The van der Waals surface area contributed by atoms with Gasteiger partial charge in [0.1, 0.15) is 11.5 Å². The fourth-order valence-electron chi connectivity index (χ4n) is 5.61. The third kappa shape index (κ3) is 4.48. The van der Waals surface area contributed by atoms with Gasteiger partial charge in [0.25, 0.3) is 0 Å². The molecule has 2 fully saturated rings. The average Bonchev–Trinajstić information content (AvgIpc) is 3.65. The highest BCUT2D eigenvalue weighted by Crippen LogP contribution is 2.40. The molecule has 0 radical (unpaired) electrons. The normalized spacial score (nSPS) is 18.8. The van der Waals surface area contributed by atoms with Crippen LogP contribution < -0.4 is 9.80 Å². The number of alkyl halides is 3. The Kier molecular flexibility index (Phi) is 6.03. The number of anilines is 2. The summed E-state index contributed by atoms with van der Waals surface area (Å²) in [6.45, 7) is 3.00. The molecule has 1 saturated carbocycles. The minimum Gasteiger partial charge on any atom is -0.369 e. The number of amides is 2. The van der Waals surface area contributed by atoms with E-state index in [-0.39, 0.29) is 36.2 Å². The molecule has 0 unspecified atom stereocenters. The van der Waals surface area contributed by atoms with Gasteiger partial charge in [-0.15, -0.1) is 0 Å². The first-order valence-electron chi connectivity index (χ1n) is 12.9. The van der Waals surface area contributed by atoms with Crippen LogP contribution in [0.1, 0.15) is 54.2 Å². The van der Waals surface area contributed by atoms with Crippen LogP contribution in [0.25, 0.3) is 0 Å². The number of benzene rings is 1. The van der Waals surface area contributed by atoms with Gasteiger partial charge in [-0.2, -0.15) is 18.3 Å².